The molecule has 2 nitrogen and oxygen atoms in total. The van der Waals surface area contributed by atoms with Crippen molar-refractivity contribution in [3.05, 3.63) is 35.4 Å². The van der Waals surface area contributed by atoms with E-state index in [2.05, 4.69) is 6.07 Å². The van der Waals surface area contributed by atoms with E-state index in [0.29, 0.717) is 12.2 Å². The molecule has 1 aromatic rings. The third-order valence-corrected chi connectivity index (χ3v) is 1.56. The van der Waals surface area contributed by atoms with Gasteiger partial charge in [0.05, 0.1) is 18.2 Å². The zero-order valence-corrected chi connectivity index (χ0v) is 9.08. The average molecular weight is 191 g/mol. The normalized spacial score (nSPS) is 8.43. The molecule has 0 saturated heterocycles. The summed E-state index contributed by atoms with van der Waals surface area (Å²) in [5.74, 6) is 0. The van der Waals surface area contributed by atoms with E-state index in [1.807, 2.05) is 32.9 Å². The summed E-state index contributed by atoms with van der Waals surface area (Å²) in [5, 5.41) is 8.52. The quantitative estimate of drug-likeness (QED) is 0.735. The van der Waals surface area contributed by atoms with Crippen molar-refractivity contribution in [2.24, 2.45) is 0 Å². The Balaban J connectivity index is 0.000000791. The molecule has 0 heterocycles. The maximum atomic E-state index is 8.52. The van der Waals surface area contributed by atoms with Gasteiger partial charge in [0.15, 0.2) is 0 Å². The Kier molecular flexibility index (Phi) is 7.49. The fourth-order valence-electron chi connectivity index (χ4n) is 0.895. The third kappa shape index (κ3) is 4.64. The molecular weight excluding hydrogens is 174 g/mol. The Morgan fingerprint density at radius 3 is 2.21 bits per heavy atom. The molecule has 0 amide bonds. The van der Waals surface area contributed by atoms with Crippen LogP contribution in [0.2, 0.25) is 0 Å². The summed E-state index contributed by atoms with van der Waals surface area (Å²) in [4.78, 5) is 0. The highest BCUT2D eigenvalue weighted by atomic mass is 16.5. The maximum absolute atomic E-state index is 8.52. The van der Waals surface area contributed by atoms with E-state index >= 15 is 0 Å². The van der Waals surface area contributed by atoms with Gasteiger partial charge in [0.1, 0.15) is 0 Å². The summed E-state index contributed by atoms with van der Waals surface area (Å²) in [5.41, 5.74) is 1.80. The van der Waals surface area contributed by atoms with Crippen molar-refractivity contribution in [1.29, 1.82) is 5.26 Å². The van der Waals surface area contributed by atoms with Gasteiger partial charge in [0.2, 0.25) is 0 Å². The van der Waals surface area contributed by atoms with Gasteiger partial charge < -0.3 is 4.74 Å². The molecule has 0 bridgehead atoms. The fraction of sp³-hybridized carbons (Fsp3) is 0.417. The van der Waals surface area contributed by atoms with E-state index in [9.17, 15) is 0 Å². The van der Waals surface area contributed by atoms with E-state index in [1.54, 1.807) is 12.1 Å². The molecule has 1 rings (SSSR count). The largest absolute Gasteiger partial charge is 0.377 e. The number of ether oxygens (including phenoxy) is 1. The number of rotatable bonds is 3. The van der Waals surface area contributed by atoms with Gasteiger partial charge in [-0.15, -0.1) is 0 Å². The molecule has 0 radical (unpaired) electrons. The highest BCUT2D eigenvalue weighted by Crippen LogP contribution is 2.04. The second kappa shape index (κ2) is 8.28. The van der Waals surface area contributed by atoms with Crippen molar-refractivity contribution < 1.29 is 4.74 Å². The van der Waals surface area contributed by atoms with Crippen LogP contribution in [0.3, 0.4) is 0 Å². The predicted molar refractivity (Wildman–Crippen MR) is 57.8 cm³/mol. The van der Waals surface area contributed by atoms with Crippen molar-refractivity contribution in [2.45, 2.75) is 27.4 Å². The lowest BCUT2D eigenvalue weighted by Gasteiger charge is -2.00. The van der Waals surface area contributed by atoms with Gasteiger partial charge in [-0.25, -0.2) is 0 Å². The number of hydrogen-bond acceptors (Lipinski definition) is 2. The van der Waals surface area contributed by atoms with Crippen LogP contribution in [0.15, 0.2) is 24.3 Å². The molecule has 0 fully saturated rings. The molecule has 14 heavy (non-hydrogen) atoms. The fourth-order valence-corrected chi connectivity index (χ4v) is 0.895. The maximum Gasteiger partial charge on any atom is 0.0991 e. The summed E-state index contributed by atoms with van der Waals surface area (Å²) in [6, 6.07) is 9.49. The summed E-state index contributed by atoms with van der Waals surface area (Å²) in [6.45, 7) is 7.31. The molecular formula is C12H17NO. The average Bonchev–Trinajstić information content (AvgIpc) is 2.30. The standard InChI is InChI=1S/C10H11NO.C2H6/c1-2-12-8-10-5-3-9(7-11)4-6-10;1-2/h3-6H,2,8H2,1H3;1-2H3. The lowest BCUT2D eigenvalue weighted by atomic mass is 10.2. The molecule has 1 aromatic carbocycles. The molecule has 0 atom stereocenters. The Bertz CT molecular complexity index is 271. The summed E-state index contributed by atoms with van der Waals surface area (Å²) in [7, 11) is 0. The molecule has 0 aliphatic carbocycles. The van der Waals surface area contributed by atoms with Crippen molar-refractivity contribution in [1.82, 2.24) is 0 Å². The zero-order valence-electron chi connectivity index (χ0n) is 9.08. The molecule has 0 unspecified atom stereocenters. The molecule has 2 heteroatoms. The van der Waals surface area contributed by atoms with Gasteiger partial charge in [-0.3, -0.25) is 0 Å². The summed E-state index contributed by atoms with van der Waals surface area (Å²) < 4.78 is 5.21. The lowest BCUT2D eigenvalue weighted by Crippen LogP contribution is -1.91. The molecule has 0 N–H and O–H groups in total. The van der Waals surface area contributed by atoms with Gasteiger partial charge in [-0.2, -0.15) is 5.26 Å². The van der Waals surface area contributed by atoms with Crippen LogP contribution in [0.4, 0.5) is 0 Å². The van der Waals surface area contributed by atoms with E-state index in [1.165, 1.54) is 0 Å². The summed E-state index contributed by atoms with van der Waals surface area (Å²) >= 11 is 0. The minimum atomic E-state index is 0.627. The van der Waals surface area contributed by atoms with Crippen molar-refractivity contribution in [2.75, 3.05) is 6.61 Å². The van der Waals surface area contributed by atoms with Crippen LogP contribution in [0.25, 0.3) is 0 Å². The first-order valence-electron chi connectivity index (χ1n) is 4.93. The highest BCUT2D eigenvalue weighted by molar-refractivity contribution is 5.31. The Hall–Kier alpha value is -1.33. The number of nitrogens with zero attached hydrogens (tertiary/aromatic N) is 1. The zero-order chi connectivity index (χ0) is 10.8. The minimum Gasteiger partial charge on any atom is -0.377 e. The smallest absolute Gasteiger partial charge is 0.0991 e. The molecule has 0 aliphatic heterocycles. The van der Waals surface area contributed by atoms with Gasteiger partial charge in [-0.05, 0) is 24.6 Å². The monoisotopic (exact) mass is 191 g/mol. The number of hydrogen-bond donors (Lipinski definition) is 0. The third-order valence-electron chi connectivity index (χ3n) is 1.56. The molecule has 76 valence electrons. The van der Waals surface area contributed by atoms with Gasteiger partial charge in [0.25, 0.3) is 0 Å². The van der Waals surface area contributed by atoms with E-state index in [-0.39, 0.29) is 0 Å². The summed E-state index contributed by atoms with van der Waals surface area (Å²) in [6.07, 6.45) is 0. The van der Waals surface area contributed by atoms with E-state index in [4.69, 9.17) is 10.00 Å². The van der Waals surface area contributed by atoms with Crippen LogP contribution in [-0.4, -0.2) is 6.61 Å². The second-order valence-electron chi connectivity index (χ2n) is 2.45. The topological polar surface area (TPSA) is 33.0 Å². The van der Waals surface area contributed by atoms with E-state index < -0.39 is 0 Å². The number of nitriles is 1. The van der Waals surface area contributed by atoms with Crippen LogP contribution < -0.4 is 0 Å². The number of benzene rings is 1. The Morgan fingerprint density at radius 2 is 1.79 bits per heavy atom. The lowest BCUT2D eigenvalue weighted by molar-refractivity contribution is 0.134. The van der Waals surface area contributed by atoms with Crippen molar-refractivity contribution >= 4 is 0 Å². The van der Waals surface area contributed by atoms with Gasteiger partial charge in [0, 0.05) is 6.61 Å². The minimum absolute atomic E-state index is 0.627. The molecule has 0 saturated carbocycles. The SMILES string of the molecule is CC.CCOCc1ccc(C#N)cc1. The van der Waals surface area contributed by atoms with Crippen molar-refractivity contribution in [3.63, 3.8) is 0 Å². The van der Waals surface area contributed by atoms with Crippen LogP contribution >= 0.6 is 0 Å². The van der Waals surface area contributed by atoms with Gasteiger partial charge in [-0.1, -0.05) is 26.0 Å². The molecule has 0 aliphatic rings. The predicted octanol–water partition coefficient (Wildman–Crippen LogP) is 3.12. The first kappa shape index (κ1) is 12.7. The van der Waals surface area contributed by atoms with Crippen LogP contribution in [0.5, 0.6) is 0 Å². The highest BCUT2D eigenvalue weighted by Gasteiger charge is 1.92. The first-order valence-corrected chi connectivity index (χ1v) is 4.93. The van der Waals surface area contributed by atoms with Crippen LogP contribution in [-0.2, 0) is 11.3 Å². The van der Waals surface area contributed by atoms with Gasteiger partial charge >= 0.3 is 0 Å². The van der Waals surface area contributed by atoms with Crippen LogP contribution in [0.1, 0.15) is 31.9 Å². The second-order valence-corrected chi connectivity index (χ2v) is 2.45. The van der Waals surface area contributed by atoms with E-state index in [0.717, 1.165) is 12.2 Å². The first-order chi connectivity index (χ1) is 6.86. The molecule has 0 spiro atoms. The van der Waals surface area contributed by atoms with Crippen LogP contribution in [0, 0.1) is 11.3 Å². The Morgan fingerprint density at radius 1 is 1.21 bits per heavy atom. The van der Waals surface area contributed by atoms with Crippen molar-refractivity contribution in [3.8, 4) is 6.07 Å². The Labute approximate surface area is 86.1 Å². The molecule has 0 aromatic heterocycles.